The van der Waals surface area contributed by atoms with Crippen molar-refractivity contribution < 1.29 is 14.3 Å². The summed E-state index contributed by atoms with van der Waals surface area (Å²) >= 11 is 11.7. The van der Waals surface area contributed by atoms with E-state index in [0.717, 1.165) is 24.2 Å². The van der Waals surface area contributed by atoms with Gasteiger partial charge in [-0.05, 0) is 38.8 Å². The molecule has 1 N–H and O–H groups in total. The molecular weight excluding hydrogens is 365 g/mol. The van der Waals surface area contributed by atoms with Crippen LogP contribution < -0.4 is 5.32 Å². The summed E-state index contributed by atoms with van der Waals surface area (Å²) in [7, 11) is 0. The second-order valence-corrected chi connectivity index (χ2v) is 6.84. The van der Waals surface area contributed by atoms with Crippen LogP contribution in [0.2, 0.25) is 10.0 Å². The molecule has 1 fully saturated rings. The van der Waals surface area contributed by atoms with E-state index >= 15 is 0 Å². The third-order valence-electron chi connectivity index (χ3n) is 4.02. The van der Waals surface area contributed by atoms with Crippen molar-refractivity contribution in [2.45, 2.75) is 32.7 Å². The summed E-state index contributed by atoms with van der Waals surface area (Å²) in [6, 6.07) is 3.73. The number of anilines is 1. The van der Waals surface area contributed by atoms with Crippen LogP contribution in [0.1, 0.15) is 40.6 Å². The van der Waals surface area contributed by atoms with Crippen molar-refractivity contribution in [1.29, 1.82) is 0 Å². The van der Waals surface area contributed by atoms with E-state index in [9.17, 15) is 9.59 Å². The standard InChI is InChI=1S/C17H17Cl2N3O3/c1-9-5-13(10(2)22(9)12-3-4-12)17(24)25-8-15(23)21-16-14(19)6-11(18)7-20-16/h5-7,12H,3-4,8H2,1-2H3,(H,20,21,23). The van der Waals surface area contributed by atoms with E-state index in [1.807, 2.05) is 13.8 Å². The first kappa shape index (κ1) is 17.8. The van der Waals surface area contributed by atoms with Crippen molar-refractivity contribution in [2.75, 3.05) is 11.9 Å². The molecule has 0 bridgehead atoms. The fourth-order valence-corrected chi connectivity index (χ4v) is 3.19. The van der Waals surface area contributed by atoms with Crippen LogP contribution in [0.4, 0.5) is 5.82 Å². The molecule has 3 rings (SSSR count). The molecular formula is C17H17Cl2N3O3. The Morgan fingerprint density at radius 2 is 2.04 bits per heavy atom. The monoisotopic (exact) mass is 381 g/mol. The Hall–Kier alpha value is -2.05. The van der Waals surface area contributed by atoms with Gasteiger partial charge in [0.15, 0.2) is 12.4 Å². The molecule has 0 spiro atoms. The van der Waals surface area contributed by atoms with Gasteiger partial charge in [-0.15, -0.1) is 0 Å². The van der Waals surface area contributed by atoms with E-state index in [1.54, 1.807) is 6.07 Å². The first-order valence-electron chi connectivity index (χ1n) is 7.83. The molecule has 1 saturated carbocycles. The van der Waals surface area contributed by atoms with Crippen LogP contribution in [0, 0.1) is 13.8 Å². The lowest BCUT2D eigenvalue weighted by atomic mass is 10.2. The molecule has 0 radical (unpaired) electrons. The summed E-state index contributed by atoms with van der Waals surface area (Å²) in [4.78, 5) is 28.1. The lowest BCUT2D eigenvalue weighted by molar-refractivity contribution is -0.119. The first-order chi connectivity index (χ1) is 11.9. The lowest BCUT2D eigenvalue weighted by Crippen LogP contribution is -2.21. The average Bonchev–Trinajstić information content (AvgIpc) is 3.33. The van der Waals surface area contributed by atoms with Crippen LogP contribution in [0.25, 0.3) is 0 Å². The number of nitrogens with zero attached hydrogens (tertiary/aromatic N) is 2. The summed E-state index contributed by atoms with van der Waals surface area (Å²) in [6.45, 7) is 3.43. The highest BCUT2D eigenvalue weighted by Gasteiger charge is 2.28. The fraction of sp³-hybridized carbons (Fsp3) is 0.353. The van der Waals surface area contributed by atoms with Gasteiger partial charge in [0.05, 0.1) is 15.6 Å². The van der Waals surface area contributed by atoms with Gasteiger partial charge in [-0.25, -0.2) is 9.78 Å². The van der Waals surface area contributed by atoms with E-state index < -0.39 is 18.5 Å². The molecule has 132 valence electrons. The van der Waals surface area contributed by atoms with Gasteiger partial charge in [0.2, 0.25) is 0 Å². The number of halogens is 2. The highest BCUT2D eigenvalue weighted by atomic mass is 35.5. The number of hydrogen-bond donors (Lipinski definition) is 1. The Labute approximate surface area is 155 Å². The van der Waals surface area contributed by atoms with Gasteiger partial charge in [-0.3, -0.25) is 4.79 Å². The number of ether oxygens (including phenoxy) is 1. The van der Waals surface area contributed by atoms with Crippen LogP contribution >= 0.6 is 23.2 Å². The molecule has 1 amide bonds. The number of nitrogens with one attached hydrogen (secondary N) is 1. The molecule has 1 aliphatic carbocycles. The Morgan fingerprint density at radius 1 is 1.32 bits per heavy atom. The number of carbonyl (C=O) groups excluding carboxylic acids is 2. The van der Waals surface area contributed by atoms with Gasteiger partial charge in [-0.1, -0.05) is 23.2 Å². The minimum Gasteiger partial charge on any atom is -0.452 e. The predicted octanol–water partition coefficient (Wildman–Crippen LogP) is 3.94. The van der Waals surface area contributed by atoms with Crippen LogP contribution in [-0.2, 0) is 9.53 Å². The third-order valence-corrected chi connectivity index (χ3v) is 4.51. The number of aromatic nitrogens is 2. The second-order valence-electron chi connectivity index (χ2n) is 5.99. The largest absolute Gasteiger partial charge is 0.452 e. The van der Waals surface area contributed by atoms with Crippen LogP contribution in [0.3, 0.4) is 0 Å². The van der Waals surface area contributed by atoms with Crippen molar-refractivity contribution in [3.63, 3.8) is 0 Å². The third kappa shape index (κ3) is 3.96. The number of hydrogen-bond acceptors (Lipinski definition) is 4. The summed E-state index contributed by atoms with van der Waals surface area (Å²) < 4.78 is 7.26. The van der Waals surface area contributed by atoms with E-state index in [1.165, 1.54) is 12.3 Å². The molecule has 0 unspecified atom stereocenters. The molecule has 6 nitrogen and oxygen atoms in total. The summed E-state index contributed by atoms with van der Waals surface area (Å²) in [5, 5.41) is 3.05. The predicted molar refractivity (Wildman–Crippen MR) is 95.3 cm³/mol. The average molecular weight is 382 g/mol. The maximum atomic E-state index is 12.3. The van der Waals surface area contributed by atoms with Crippen molar-refractivity contribution in [3.8, 4) is 0 Å². The molecule has 2 aromatic rings. The highest BCUT2D eigenvalue weighted by molar-refractivity contribution is 6.36. The quantitative estimate of drug-likeness (QED) is 0.796. The number of amides is 1. The number of carbonyl (C=O) groups is 2. The van der Waals surface area contributed by atoms with E-state index in [4.69, 9.17) is 27.9 Å². The van der Waals surface area contributed by atoms with Crippen molar-refractivity contribution in [2.24, 2.45) is 0 Å². The van der Waals surface area contributed by atoms with E-state index in [0.29, 0.717) is 16.6 Å². The zero-order chi connectivity index (χ0) is 18.1. The normalized spacial score (nSPS) is 13.6. The van der Waals surface area contributed by atoms with E-state index in [2.05, 4.69) is 14.9 Å². The molecule has 2 heterocycles. The van der Waals surface area contributed by atoms with Gasteiger partial charge < -0.3 is 14.6 Å². The van der Waals surface area contributed by atoms with Gasteiger partial charge in [-0.2, -0.15) is 0 Å². The fourth-order valence-electron chi connectivity index (χ4n) is 2.76. The van der Waals surface area contributed by atoms with Crippen LogP contribution in [0.15, 0.2) is 18.3 Å². The van der Waals surface area contributed by atoms with Crippen molar-refractivity contribution in [1.82, 2.24) is 9.55 Å². The van der Waals surface area contributed by atoms with Gasteiger partial charge in [0, 0.05) is 23.6 Å². The number of pyridine rings is 1. The second kappa shape index (κ2) is 7.06. The Morgan fingerprint density at radius 3 is 2.68 bits per heavy atom. The first-order valence-corrected chi connectivity index (χ1v) is 8.59. The minimum atomic E-state index is -0.527. The Bertz CT molecular complexity index is 844. The van der Waals surface area contributed by atoms with Crippen molar-refractivity contribution >= 4 is 40.9 Å². The number of aryl methyl sites for hydroxylation is 1. The molecule has 2 aromatic heterocycles. The molecule has 0 aliphatic heterocycles. The zero-order valence-electron chi connectivity index (χ0n) is 13.8. The number of rotatable bonds is 5. The molecule has 25 heavy (non-hydrogen) atoms. The van der Waals surface area contributed by atoms with Crippen LogP contribution in [-0.4, -0.2) is 28.0 Å². The lowest BCUT2D eigenvalue weighted by Gasteiger charge is -2.09. The molecule has 1 aliphatic rings. The van der Waals surface area contributed by atoms with Gasteiger partial charge in [0.25, 0.3) is 5.91 Å². The van der Waals surface area contributed by atoms with Crippen LogP contribution in [0.5, 0.6) is 0 Å². The SMILES string of the molecule is Cc1cc(C(=O)OCC(=O)Nc2ncc(Cl)cc2Cl)c(C)n1C1CC1. The summed E-state index contributed by atoms with van der Waals surface area (Å²) in [6.07, 6.45) is 3.62. The summed E-state index contributed by atoms with van der Waals surface area (Å²) in [5.74, 6) is -0.884. The number of esters is 1. The maximum absolute atomic E-state index is 12.3. The van der Waals surface area contributed by atoms with E-state index in [-0.39, 0.29) is 10.8 Å². The smallest absolute Gasteiger partial charge is 0.340 e. The zero-order valence-corrected chi connectivity index (χ0v) is 15.3. The molecule has 0 aromatic carbocycles. The topological polar surface area (TPSA) is 73.2 Å². The van der Waals surface area contributed by atoms with Crippen molar-refractivity contribution in [3.05, 3.63) is 45.3 Å². The Kier molecular flexibility index (Phi) is 5.01. The van der Waals surface area contributed by atoms with Gasteiger partial charge >= 0.3 is 5.97 Å². The van der Waals surface area contributed by atoms with Gasteiger partial charge in [0.1, 0.15) is 0 Å². The highest BCUT2D eigenvalue weighted by Crippen LogP contribution is 2.38. The summed E-state index contributed by atoms with van der Waals surface area (Å²) in [5.41, 5.74) is 2.38. The minimum absolute atomic E-state index is 0.166. The maximum Gasteiger partial charge on any atom is 0.340 e. The Balaban J connectivity index is 1.60. The molecule has 8 heteroatoms. The molecule has 0 saturated heterocycles. The molecule has 0 atom stereocenters.